The van der Waals surface area contributed by atoms with Gasteiger partial charge in [-0.3, -0.25) is 4.79 Å². The molecule has 2 aliphatic rings. The summed E-state index contributed by atoms with van der Waals surface area (Å²) in [6, 6.07) is 14.1. The summed E-state index contributed by atoms with van der Waals surface area (Å²) < 4.78 is 5.71. The second-order valence-corrected chi connectivity index (χ2v) is 9.41. The van der Waals surface area contributed by atoms with Crippen LogP contribution in [0.4, 0.5) is 5.69 Å². The van der Waals surface area contributed by atoms with Crippen LogP contribution in [0.5, 0.6) is 5.75 Å². The summed E-state index contributed by atoms with van der Waals surface area (Å²) in [5.41, 5.74) is 3.20. The summed E-state index contributed by atoms with van der Waals surface area (Å²) in [5.74, 6) is 0.691. The molecular weight excluding hydrogens is 442 g/mol. The lowest BCUT2D eigenvalue weighted by Gasteiger charge is -2.36. The summed E-state index contributed by atoms with van der Waals surface area (Å²) in [5, 5.41) is 1.59. The lowest BCUT2D eigenvalue weighted by atomic mass is 10.2. The van der Waals surface area contributed by atoms with E-state index in [2.05, 4.69) is 33.8 Å². The first kappa shape index (κ1) is 22.7. The average Bonchev–Trinajstić information content (AvgIpc) is 3.17. The van der Waals surface area contributed by atoms with Gasteiger partial charge in [0, 0.05) is 36.9 Å². The largest absolute Gasteiger partial charge is 0.494 e. The SMILES string of the molecule is CCCCOc1ccc(C=C2SC(N3CCN(c4ccc(C)c(Cl)c4)CC3)=NC2=O)cc1. The monoisotopic (exact) mass is 469 g/mol. The highest BCUT2D eigenvalue weighted by Gasteiger charge is 2.28. The zero-order valence-corrected chi connectivity index (χ0v) is 20.1. The Kier molecular flexibility index (Phi) is 7.43. The van der Waals surface area contributed by atoms with Gasteiger partial charge in [0.15, 0.2) is 5.17 Å². The minimum absolute atomic E-state index is 0.166. The smallest absolute Gasteiger partial charge is 0.286 e. The highest BCUT2D eigenvalue weighted by molar-refractivity contribution is 8.18. The van der Waals surface area contributed by atoms with E-state index in [0.717, 1.165) is 78.4 Å². The number of hydrogen-bond acceptors (Lipinski definition) is 5. The third-order valence-corrected chi connectivity index (χ3v) is 7.08. The van der Waals surface area contributed by atoms with Crippen LogP contribution in [0.25, 0.3) is 6.08 Å². The first-order chi connectivity index (χ1) is 15.5. The molecule has 2 aromatic rings. The number of thioether (sulfide) groups is 1. The van der Waals surface area contributed by atoms with Crippen LogP contribution in [-0.4, -0.2) is 48.8 Å². The van der Waals surface area contributed by atoms with Crippen LogP contribution in [0.3, 0.4) is 0 Å². The summed E-state index contributed by atoms with van der Waals surface area (Å²) in [6.07, 6.45) is 4.06. The van der Waals surface area contributed by atoms with Gasteiger partial charge in [-0.25, -0.2) is 0 Å². The minimum Gasteiger partial charge on any atom is -0.494 e. The third kappa shape index (κ3) is 5.48. The number of aryl methyl sites for hydroxylation is 1. The van der Waals surface area contributed by atoms with Gasteiger partial charge >= 0.3 is 0 Å². The number of piperazine rings is 1. The molecule has 0 aliphatic carbocycles. The topological polar surface area (TPSA) is 45.1 Å². The van der Waals surface area contributed by atoms with Gasteiger partial charge in [-0.1, -0.05) is 43.1 Å². The summed E-state index contributed by atoms with van der Waals surface area (Å²) >= 11 is 7.75. The van der Waals surface area contributed by atoms with Crippen molar-refractivity contribution in [2.75, 3.05) is 37.7 Å². The Balaban J connectivity index is 1.33. The Hall–Kier alpha value is -2.44. The molecule has 168 valence electrons. The van der Waals surface area contributed by atoms with Gasteiger partial charge in [0.25, 0.3) is 5.91 Å². The molecule has 2 aliphatic heterocycles. The van der Waals surface area contributed by atoms with Crippen molar-refractivity contribution >= 4 is 46.2 Å². The van der Waals surface area contributed by atoms with Crippen molar-refractivity contribution in [2.45, 2.75) is 26.7 Å². The molecule has 1 fully saturated rings. The number of amides is 1. The molecule has 0 unspecified atom stereocenters. The van der Waals surface area contributed by atoms with Crippen molar-refractivity contribution in [1.29, 1.82) is 0 Å². The molecule has 0 saturated carbocycles. The number of carbonyl (C=O) groups excluding carboxylic acids is 1. The fourth-order valence-electron chi connectivity index (χ4n) is 3.61. The van der Waals surface area contributed by atoms with Crippen LogP contribution in [0, 0.1) is 6.92 Å². The van der Waals surface area contributed by atoms with Crippen molar-refractivity contribution < 1.29 is 9.53 Å². The number of halogens is 1. The summed E-state index contributed by atoms with van der Waals surface area (Å²) in [7, 11) is 0. The first-order valence-electron chi connectivity index (χ1n) is 11.0. The molecule has 0 atom stereocenters. The summed E-state index contributed by atoms with van der Waals surface area (Å²) in [6.45, 7) is 8.26. The number of hydrogen-bond donors (Lipinski definition) is 0. The molecule has 4 rings (SSSR count). The minimum atomic E-state index is -0.166. The lowest BCUT2D eigenvalue weighted by molar-refractivity contribution is -0.113. The van der Waals surface area contributed by atoms with Crippen LogP contribution < -0.4 is 9.64 Å². The van der Waals surface area contributed by atoms with E-state index in [-0.39, 0.29) is 5.91 Å². The van der Waals surface area contributed by atoms with E-state index in [4.69, 9.17) is 16.3 Å². The van der Waals surface area contributed by atoms with E-state index in [1.54, 1.807) is 0 Å². The Bertz CT molecular complexity index is 1030. The van der Waals surface area contributed by atoms with Gasteiger partial charge in [0.2, 0.25) is 0 Å². The number of benzene rings is 2. The number of unbranched alkanes of at least 4 members (excludes halogenated alkanes) is 1. The number of carbonyl (C=O) groups is 1. The first-order valence-corrected chi connectivity index (χ1v) is 12.2. The highest BCUT2D eigenvalue weighted by atomic mass is 35.5. The molecule has 1 saturated heterocycles. The van der Waals surface area contributed by atoms with E-state index >= 15 is 0 Å². The van der Waals surface area contributed by atoms with Gasteiger partial charge in [0.05, 0.1) is 11.5 Å². The molecule has 0 spiro atoms. The fourth-order valence-corrected chi connectivity index (χ4v) is 4.75. The Morgan fingerprint density at radius 3 is 2.50 bits per heavy atom. The molecular formula is C25H28ClN3O2S. The number of ether oxygens (including phenoxy) is 1. The van der Waals surface area contributed by atoms with Gasteiger partial charge in [-0.05, 0) is 66.6 Å². The van der Waals surface area contributed by atoms with E-state index in [1.807, 2.05) is 43.3 Å². The van der Waals surface area contributed by atoms with E-state index in [0.29, 0.717) is 4.91 Å². The molecule has 0 N–H and O–H groups in total. The zero-order valence-electron chi connectivity index (χ0n) is 18.5. The molecule has 1 amide bonds. The van der Waals surface area contributed by atoms with Gasteiger partial charge < -0.3 is 14.5 Å². The maximum absolute atomic E-state index is 12.5. The van der Waals surface area contributed by atoms with Crippen LogP contribution >= 0.6 is 23.4 Å². The normalized spacial score (nSPS) is 17.8. The molecule has 32 heavy (non-hydrogen) atoms. The maximum Gasteiger partial charge on any atom is 0.286 e. The predicted octanol–water partition coefficient (Wildman–Crippen LogP) is 5.62. The van der Waals surface area contributed by atoms with Crippen LogP contribution in [0.1, 0.15) is 30.9 Å². The Morgan fingerprint density at radius 1 is 1.09 bits per heavy atom. The van der Waals surface area contributed by atoms with E-state index in [1.165, 1.54) is 11.8 Å². The van der Waals surface area contributed by atoms with Gasteiger partial charge in [-0.15, -0.1) is 0 Å². The van der Waals surface area contributed by atoms with E-state index in [9.17, 15) is 4.79 Å². The van der Waals surface area contributed by atoms with Crippen LogP contribution in [-0.2, 0) is 4.79 Å². The standard InChI is InChI=1S/C25H28ClN3O2S/c1-3-4-15-31-21-9-6-19(7-10-21)16-23-24(30)27-25(32-23)29-13-11-28(12-14-29)20-8-5-18(2)22(26)17-20/h5-10,16-17H,3-4,11-15H2,1-2H3. The quantitative estimate of drug-likeness (QED) is 0.406. The van der Waals surface area contributed by atoms with Gasteiger partial charge in [-0.2, -0.15) is 4.99 Å². The number of nitrogens with zero attached hydrogens (tertiary/aromatic N) is 3. The summed E-state index contributed by atoms with van der Waals surface area (Å²) in [4.78, 5) is 22.0. The van der Waals surface area contributed by atoms with E-state index < -0.39 is 0 Å². The van der Waals surface area contributed by atoms with Crippen molar-refractivity contribution in [3.63, 3.8) is 0 Å². The molecule has 5 nitrogen and oxygen atoms in total. The highest BCUT2D eigenvalue weighted by Crippen LogP contribution is 2.32. The van der Waals surface area contributed by atoms with Crippen molar-refractivity contribution in [1.82, 2.24) is 4.90 Å². The Morgan fingerprint density at radius 2 is 1.81 bits per heavy atom. The second-order valence-electron chi connectivity index (χ2n) is 7.99. The predicted molar refractivity (Wildman–Crippen MR) is 135 cm³/mol. The van der Waals surface area contributed by atoms with Crippen molar-refractivity contribution in [2.24, 2.45) is 4.99 Å². The average molecular weight is 470 g/mol. The number of rotatable bonds is 6. The maximum atomic E-state index is 12.5. The number of aliphatic imine (C=N–C) groups is 1. The zero-order chi connectivity index (χ0) is 22.5. The molecule has 0 aromatic heterocycles. The van der Waals surface area contributed by atoms with Crippen molar-refractivity contribution in [3.8, 4) is 5.75 Å². The fraction of sp³-hybridized carbons (Fsp3) is 0.360. The van der Waals surface area contributed by atoms with Gasteiger partial charge in [0.1, 0.15) is 5.75 Å². The molecule has 2 heterocycles. The molecule has 7 heteroatoms. The number of anilines is 1. The van der Waals surface area contributed by atoms with Crippen molar-refractivity contribution in [3.05, 3.63) is 63.5 Å². The second kappa shape index (κ2) is 10.5. The van der Waals surface area contributed by atoms with Crippen LogP contribution in [0.15, 0.2) is 52.4 Å². The Labute approximate surface area is 199 Å². The molecule has 0 radical (unpaired) electrons. The van der Waals surface area contributed by atoms with Crippen LogP contribution in [0.2, 0.25) is 5.02 Å². The molecule has 2 aromatic carbocycles. The third-order valence-electron chi connectivity index (χ3n) is 5.62. The number of amidine groups is 1. The lowest BCUT2D eigenvalue weighted by Crippen LogP contribution is -2.47. The molecule has 0 bridgehead atoms.